The number of carbonyl (C=O) groups is 1. The Labute approximate surface area is 65.1 Å². The molecule has 0 saturated heterocycles. The molecule has 0 aromatic rings. The van der Waals surface area contributed by atoms with E-state index in [9.17, 15) is 4.79 Å². The first-order chi connectivity index (χ1) is 4.70. The van der Waals surface area contributed by atoms with Gasteiger partial charge in [-0.3, -0.25) is 4.79 Å². The summed E-state index contributed by atoms with van der Waals surface area (Å²) in [5, 5.41) is 3.54. The predicted octanol–water partition coefficient (Wildman–Crippen LogP) is 1.14. The van der Waals surface area contributed by atoms with Crippen LogP contribution in [0.5, 0.6) is 0 Å². The summed E-state index contributed by atoms with van der Waals surface area (Å²) in [7, 11) is 0. The molecule has 0 fully saturated rings. The molecule has 0 aliphatic carbocycles. The lowest BCUT2D eigenvalue weighted by molar-refractivity contribution is -0.113. The molecule has 0 bridgehead atoms. The minimum atomic E-state index is 0.173. The molecule has 1 aliphatic heterocycles. The van der Waals surface area contributed by atoms with Crippen molar-refractivity contribution in [2.24, 2.45) is 0 Å². The van der Waals surface area contributed by atoms with Crippen molar-refractivity contribution < 1.29 is 4.79 Å². The Kier molecular flexibility index (Phi) is 2.38. The number of nitrogens with one attached hydrogen (secondary N) is 1. The Hall–Kier alpha value is -0.440. The fourth-order valence-corrected chi connectivity index (χ4v) is 1.61. The fraction of sp³-hybridized carbons (Fsp3) is 0.571. The lowest BCUT2D eigenvalue weighted by Gasteiger charge is -2.18. The Bertz CT molecular complexity index is 176. The molecular weight excluding hydrogens is 146 g/mol. The summed E-state index contributed by atoms with van der Waals surface area (Å²) in [6.07, 6.45) is 1.82. The van der Waals surface area contributed by atoms with E-state index in [0.29, 0.717) is 5.37 Å². The predicted molar refractivity (Wildman–Crippen MR) is 43.8 cm³/mol. The van der Waals surface area contributed by atoms with Crippen LogP contribution in [0.3, 0.4) is 0 Å². The maximum atomic E-state index is 10.8. The lowest BCUT2D eigenvalue weighted by atomic mass is 10.2. The van der Waals surface area contributed by atoms with E-state index in [4.69, 9.17) is 0 Å². The van der Waals surface area contributed by atoms with E-state index in [2.05, 4.69) is 12.2 Å². The van der Waals surface area contributed by atoms with Crippen molar-refractivity contribution in [3.8, 4) is 0 Å². The second-order valence-electron chi connectivity index (χ2n) is 2.35. The third kappa shape index (κ3) is 1.77. The molecule has 3 heteroatoms. The average molecular weight is 157 g/mol. The second-order valence-corrected chi connectivity index (χ2v) is 3.67. The van der Waals surface area contributed by atoms with Crippen molar-refractivity contribution in [3.63, 3.8) is 0 Å². The number of hydrogen-bond donors (Lipinski definition) is 1. The topological polar surface area (TPSA) is 29.1 Å². The normalized spacial score (nSPS) is 25.0. The molecule has 0 saturated carbocycles. The first-order valence-electron chi connectivity index (χ1n) is 3.28. The third-order valence-corrected chi connectivity index (χ3v) is 2.55. The Balaban J connectivity index is 2.56. The van der Waals surface area contributed by atoms with Gasteiger partial charge in [-0.25, -0.2) is 0 Å². The first-order valence-corrected chi connectivity index (χ1v) is 4.32. The van der Waals surface area contributed by atoms with Gasteiger partial charge in [-0.2, -0.15) is 0 Å². The van der Waals surface area contributed by atoms with Crippen LogP contribution in [0.1, 0.15) is 13.8 Å². The minimum absolute atomic E-state index is 0.173. The molecule has 1 heterocycles. The van der Waals surface area contributed by atoms with Crippen molar-refractivity contribution in [1.82, 2.24) is 5.32 Å². The molecule has 1 unspecified atom stereocenters. The van der Waals surface area contributed by atoms with E-state index in [1.165, 1.54) is 0 Å². The molecule has 1 atom stereocenters. The number of hydrogen-bond acceptors (Lipinski definition) is 3. The Morgan fingerprint density at radius 1 is 1.90 bits per heavy atom. The van der Waals surface area contributed by atoms with Crippen molar-refractivity contribution in [3.05, 3.63) is 11.8 Å². The molecule has 0 radical (unpaired) electrons. The highest BCUT2D eigenvalue weighted by Crippen LogP contribution is 2.17. The third-order valence-electron chi connectivity index (χ3n) is 1.43. The molecule has 0 amide bonds. The van der Waals surface area contributed by atoms with Gasteiger partial charge in [0.2, 0.25) is 0 Å². The Morgan fingerprint density at radius 2 is 2.60 bits per heavy atom. The quantitative estimate of drug-likeness (QED) is 0.619. The largest absolute Gasteiger partial charge is 0.379 e. The summed E-state index contributed by atoms with van der Waals surface area (Å²) in [5.74, 6) is 1.02. The fourth-order valence-electron chi connectivity index (χ4n) is 0.726. The highest BCUT2D eigenvalue weighted by molar-refractivity contribution is 8.00. The van der Waals surface area contributed by atoms with Gasteiger partial charge in [0.15, 0.2) is 5.78 Å². The van der Waals surface area contributed by atoms with E-state index in [-0.39, 0.29) is 5.78 Å². The number of Topliss-reactive ketones (excluding diaryl/α,β-unsaturated/α-hetero) is 1. The molecule has 2 nitrogen and oxygen atoms in total. The van der Waals surface area contributed by atoms with Gasteiger partial charge >= 0.3 is 0 Å². The van der Waals surface area contributed by atoms with Crippen LogP contribution in [0.25, 0.3) is 0 Å². The first kappa shape index (κ1) is 7.66. The van der Waals surface area contributed by atoms with Crippen LogP contribution in [0.15, 0.2) is 11.8 Å². The van der Waals surface area contributed by atoms with Crippen LogP contribution in [-0.2, 0) is 4.79 Å². The maximum Gasteiger partial charge on any atom is 0.158 e. The number of ketones is 1. The number of carbonyl (C=O) groups excluding carboxylic acids is 1. The van der Waals surface area contributed by atoms with Crippen LogP contribution in [-0.4, -0.2) is 16.9 Å². The van der Waals surface area contributed by atoms with E-state index < -0.39 is 0 Å². The lowest BCUT2D eigenvalue weighted by Crippen LogP contribution is -2.24. The van der Waals surface area contributed by atoms with Gasteiger partial charge in [-0.05, 0) is 13.8 Å². The van der Waals surface area contributed by atoms with Gasteiger partial charge in [0.1, 0.15) is 0 Å². The highest BCUT2D eigenvalue weighted by Gasteiger charge is 2.11. The van der Waals surface area contributed by atoms with E-state index in [0.717, 1.165) is 11.3 Å². The highest BCUT2D eigenvalue weighted by atomic mass is 32.2. The minimum Gasteiger partial charge on any atom is -0.379 e. The zero-order chi connectivity index (χ0) is 7.56. The Morgan fingerprint density at radius 3 is 3.00 bits per heavy atom. The number of thioether (sulfide) groups is 1. The van der Waals surface area contributed by atoms with Crippen molar-refractivity contribution in [2.75, 3.05) is 5.75 Å². The van der Waals surface area contributed by atoms with Gasteiger partial charge in [0.05, 0.1) is 5.37 Å². The van der Waals surface area contributed by atoms with Crippen molar-refractivity contribution >= 4 is 17.5 Å². The van der Waals surface area contributed by atoms with Crippen LogP contribution in [0.2, 0.25) is 0 Å². The zero-order valence-electron chi connectivity index (χ0n) is 6.18. The molecule has 0 aromatic heterocycles. The summed E-state index contributed by atoms with van der Waals surface area (Å²) in [4.78, 5) is 10.8. The summed E-state index contributed by atoms with van der Waals surface area (Å²) >= 11 is 1.75. The maximum absolute atomic E-state index is 10.8. The van der Waals surface area contributed by atoms with Crippen molar-refractivity contribution in [2.45, 2.75) is 19.2 Å². The average Bonchev–Trinajstić information content (AvgIpc) is 1.88. The van der Waals surface area contributed by atoms with Crippen molar-refractivity contribution in [1.29, 1.82) is 0 Å². The van der Waals surface area contributed by atoms with Gasteiger partial charge < -0.3 is 5.32 Å². The monoisotopic (exact) mass is 157 g/mol. The van der Waals surface area contributed by atoms with Gasteiger partial charge in [-0.15, -0.1) is 11.8 Å². The molecule has 0 aromatic carbocycles. The standard InChI is InChI=1S/C7H11NOS/c1-5(9)7-3-8-6(2)10-4-7/h3,6,8H,4H2,1-2H3. The molecule has 10 heavy (non-hydrogen) atoms. The molecule has 1 N–H and O–H groups in total. The molecule has 56 valence electrons. The molecule has 0 spiro atoms. The van der Waals surface area contributed by atoms with Crippen LogP contribution >= 0.6 is 11.8 Å². The summed E-state index contributed by atoms with van der Waals surface area (Å²) in [6, 6.07) is 0. The smallest absolute Gasteiger partial charge is 0.158 e. The SMILES string of the molecule is CC(=O)C1=CNC(C)SC1. The molecular formula is C7H11NOS. The number of rotatable bonds is 1. The van der Waals surface area contributed by atoms with E-state index in [1.807, 2.05) is 6.20 Å². The van der Waals surface area contributed by atoms with E-state index in [1.54, 1.807) is 18.7 Å². The summed E-state index contributed by atoms with van der Waals surface area (Å²) in [5.41, 5.74) is 0.892. The van der Waals surface area contributed by atoms with Gasteiger partial charge in [-0.1, -0.05) is 0 Å². The second kappa shape index (κ2) is 3.10. The van der Waals surface area contributed by atoms with Crippen LogP contribution in [0, 0.1) is 0 Å². The summed E-state index contributed by atoms with van der Waals surface area (Å²) in [6.45, 7) is 3.68. The van der Waals surface area contributed by atoms with Gasteiger partial charge in [0.25, 0.3) is 0 Å². The van der Waals surface area contributed by atoms with Gasteiger partial charge in [0, 0.05) is 17.5 Å². The van der Waals surface area contributed by atoms with Crippen LogP contribution in [0.4, 0.5) is 0 Å². The van der Waals surface area contributed by atoms with Crippen LogP contribution < -0.4 is 5.32 Å². The zero-order valence-corrected chi connectivity index (χ0v) is 6.99. The summed E-state index contributed by atoms with van der Waals surface area (Å²) < 4.78 is 0. The molecule has 1 rings (SSSR count). The van der Waals surface area contributed by atoms with E-state index >= 15 is 0 Å². The molecule has 1 aliphatic rings.